The van der Waals surface area contributed by atoms with Gasteiger partial charge in [-0.2, -0.15) is 0 Å². The minimum Gasteiger partial charge on any atom is -0.468 e. The van der Waals surface area contributed by atoms with E-state index in [4.69, 9.17) is 4.74 Å². The molecule has 0 heterocycles. The van der Waals surface area contributed by atoms with Gasteiger partial charge in [-0.3, -0.25) is 9.59 Å². The second-order valence-electron chi connectivity index (χ2n) is 5.27. The summed E-state index contributed by atoms with van der Waals surface area (Å²) >= 11 is 0. The molecule has 23 heavy (non-hydrogen) atoms. The van der Waals surface area contributed by atoms with Crippen LogP contribution in [-0.4, -0.2) is 18.9 Å². The Morgan fingerprint density at radius 1 is 0.957 bits per heavy atom. The van der Waals surface area contributed by atoms with Gasteiger partial charge in [0.25, 0.3) is 0 Å². The number of rotatable bonds is 6. The van der Waals surface area contributed by atoms with Crippen LogP contribution in [0, 0.1) is 5.92 Å². The molecule has 118 valence electrons. The molecule has 0 amide bonds. The molecule has 0 N–H and O–H groups in total. The van der Waals surface area contributed by atoms with Crippen LogP contribution in [0.4, 0.5) is 0 Å². The molecular weight excluding hydrogens is 288 g/mol. The third-order valence-corrected chi connectivity index (χ3v) is 3.70. The molecular formula is C20H20O3. The van der Waals surface area contributed by atoms with Crippen molar-refractivity contribution < 1.29 is 14.3 Å². The van der Waals surface area contributed by atoms with E-state index in [-0.39, 0.29) is 5.78 Å². The van der Waals surface area contributed by atoms with E-state index in [1.165, 1.54) is 14.0 Å². The fraction of sp³-hybridized carbons (Fsp3) is 0.200. The van der Waals surface area contributed by atoms with E-state index < -0.39 is 11.9 Å². The summed E-state index contributed by atoms with van der Waals surface area (Å²) in [5, 5.41) is 0. The van der Waals surface area contributed by atoms with Crippen molar-refractivity contribution in [3.63, 3.8) is 0 Å². The Kier molecular flexibility index (Phi) is 5.87. The van der Waals surface area contributed by atoms with Crippen molar-refractivity contribution in [3.05, 3.63) is 77.9 Å². The molecule has 0 aliphatic carbocycles. The van der Waals surface area contributed by atoms with E-state index in [0.717, 1.165) is 16.7 Å². The van der Waals surface area contributed by atoms with Crippen molar-refractivity contribution in [2.75, 3.05) is 7.11 Å². The maximum atomic E-state index is 11.8. The van der Waals surface area contributed by atoms with Gasteiger partial charge in [-0.1, -0.05) is 66.7 Å². The van der Waals surface area contributed by atoms with Crippen LogP contribution in [0.15, 0.2) is 66.7 Å². The van der Waals surface area contributed by atoms with E-state index in [9.17, 15) is 9.59 Å². The molecule has 0 saturated heterocycles. The predicted molar refractivity (Wildman–Crippen MR) is 90.8 cm³/mol. The lowest BCUT2D eigenvalue weighted by molar-refractivity contribution is -0.148. The van der Waals surface area contributed by atoms with Gasteiger partial charge in [0.15, 0.2) is 0 Å². The molecule has 0 bridgehead atoms. The van der Waals surface area contributed by atoms with Crippen LogP contribution in [0.2, 0.25) is 0 Å². The first-order chi connectivity index (χ1) is 11.1. The number of Topliss-reactive ketones (excluding diaryl/α,β-unsaturated/α-hetero) is 1. The standard InChI is InChI=1S/C20H20O3/c1-15(21)18(20(22)23-2)13-14-19(16-9-5-3-6-10-16)17-11-7-4-8-12-17/h3-12,14,18H,13H2,1-2H3. The average Bonchev–Trinajstić information content (AvgIpc) is 2.59. The summed E-state index contributed by atoms with van der Waals surface area (Å²) in [4.78, 5) is 23.5. The maximum Gasteiger partial charge on any atom is 0.316 e. The SMILES string of the molecule is COC(=O)C(CC=C(c1ccccc1)c1ccccc1)C(C)=O. The summed E-state index contributed by atoms with van der Waals surface area (Å²) < 4.78 is 4.73. The topological polar surface area (TPSA) is 43.4 Å². The summed E-state index contributed by atoms with van der Waals surface area (Å²) in [7, 11) is 1.30. The Hall–Kier alpha value is -2.68. The monoisotopic (exact) mass is 308 g/mol. The predicted octanol–water partition coefficient (Wildman–Crippen LogP) is 3.89. The fourth-order valence-corrected chi connectivity index (χ4v) is 2.44. The molecule has 2 aromatic carbocycles. The highest BCUT2D eigenvalue weighted by molar-refractivity contribution is 5.98. The lowest BCUT2D eigenvalue weighted by atomic mass is 9.93. The summed E-state index contributed by atoms with van der Waals surface area (Å²) in [5.41, 5.74) is 3.10. The highest BCUT2D eigenvalue weighted by Crippen LogP contribution is 2.25. The summed E-state index contributed by atoms with van der Waals surface area (Å²) in [6.45, 7) is 1.42. The highest BCUT2D eigenvalue weighted by Gasteiger charge is 2.23. The summed E-state index contributed by atoms with van der Waals surface area (Å²) in [6.07, 6.45) is 2.26. The summed E-state index contributed by atoms with van der Waals surface area (Å²) in [6, 6.07) is 19.8. The zero-order valence-electron chi connectivity index (χ0n) is 13.4. The second kappa shape index (κ2) is 8.08. The highest BCUT2D eigenvalue weighted by atomic mass is 16.5. The zero-order valence-corrected chi connectivity index (χ0v) is 13.4. The number of hydrogen-bond donors (Lipinski definition) is 0. The number of carbonyl (C=O) groups is 2. The zero-order chi connectivity index (χ0) is 16.7. The molecule has 2 rings (SSSR count). The molecule has 0 fully saturated rings. The molecule has 0 spiro atoms. The molecule has 0 aliphatic heterocycles. The van der Waals surface area contributed by atoms with Crippen molar-refractivity contribution in [2.45, 2.75) is 13.3 Å². The maximum absolute atomic E-state index is 11.8. The Balaban J connectivity index is 2.38. The molecule has 0 aromatic heterocycles. The number of hydrogen-bond acceptors (Lipinski definition) is 3. The van der Waals surface area contributed by atoms with Gasteiger partial charge in [0.05, 0.1) is 7.11 Å². The van der Waals surface area contributed by atoms with Gasteiger partial charge in [-0.15, -0.1) is 0 Å². The minimum atomic E-state index is -0.762. The largest absolute Gasteiger partial charge is 0.468 e. The average molecular weight is 308 g/mol. The molecule has 2 aromatic rings. The third kappa shape index (κ3) is 4.39. The lowest BCUT2D eigenvalue weighted by Crippen LogP contribution is -2.22. The lowest BCUT2D eigenvalue weighted by Gasteiger charge is -2.12. The van der Waals surface area contributed by atoms with Gasteiger partial charge in [-0.25, -0.2) is 0 Å². The smallest absolute Gasteiger partial charge is 0.316 e. The van der Waals surface area contributed by atoms with Crippen LogP contribution in [0.1, 0.15) is 24.5 Å². The Bertz CT molecular complexity index is 646. The molecule has 1 unspecified atom stereocenters. The van der Waals surface area contributed by atoms with Crippen molar-refractivity contribution in [1.82, 2.24) is 0 Å². The normalized spacial score (nSPS) is 11.4. The number of ketones is 1. The molecule has 1 atom stereocenters. The number of esters is 1. The first-order valence-corrected chi connectivity index (χ1v) is 7.52. The van der Waals surface area contributed by atoms with E-state index in [2.05, 4.69) is 0 Å². The second-order valence-corrected chi connectivity index (χ2v) is 5.27. The van der Waals surface area contributed by atoms with Crippen LogP contribution >= 0.6 is 0 Å². The first-order valence-electron chi connectivity index (χ1n) is 7.52. The van der Waals surface area contributed by atoms with Gasteiger partial charge >= 0.3 is 5.97 Å². The van der Waals surface area contributed by atoms with E-state index in [1.807, 2.05) is 66.7 Å². The number of carbonyl (C=O) groups excluding carboxylic acids is 2. The number of benzene rings is 2. The van der Waals surface area contributed by atoms with Gasteiger partial charge in [0.2, 0.25) is 0 Å². The van der Waals surface area contributed by atoms with Crippen LogP contribution in [0.3, 0.4) is 0 Å². The van der Waals surface area contributed by atoms with Crippen LogP contribution in [0.25, 0.3) is 5.57 Å². The quantitative estimate of drug-likeness (QED) is 0.600. The number of allylic oxidation sites excluding steroid dienone is 1. The van der Waals surface area contributed by atoms with Crippen molar-refractivity contribution in [2.24, 2.45) is 5.92 Å². The molecule has 0 aliphatic rings. The van der Waals surface area contributed by atoms with Gasteiger partial charge in [0, 0.05) is 0 Å². The molecule has 0 saturated carbocycles. The summed E-state index contributed by atoms with van der Waals surface area (Å²) in [5.74, 6) is -1.44. The van der Waals surface area contributed by atoms with Crippen molar-refractivity contribution in [3.8, 4) is 0 Å². The van der Waals surface area contributed by atoms with Crippen molar-refractivity contribution in [1.29, 1.82) is 0 Å². The Labute approximate surface area is 136 Å². The van der Waals surface area contributed by atoms with Crippen molar-refractivity contribution >= 4 is 17.3 Å². The fourth-order valence-electron chi connectivity index (χ4n) is 2.44. The van der Waals surface area contributed by atoms with E-state index in [0.29, 0.717) is 6.42 Å². The Morgan fingerprint density at radius 2 is 1.43 bits per heavy atom. The van der Waals surface area contributed by atoms with E-state index >= 15 is 0 Å². The van der Waals surface area contributed by atoms with E-state index in [1.54, 1.807) is 0 Å². The van der Waals surface area contributed by atoms with Gasteiger partial charge in [0.1, 0.15) is 11.7 Å². The molecule has 3 heteroatoms. The number of ether oxygens (including phenoxy) is 1. The Morgan fingerprint density at radius 3 is 1.83 bits per heavy atom. The third-order valence-electron chi connectivity index (χ3n) is 3.70. The first kappa shape index (κ1) is 16.7. The number of methoxy groups -OCH3 is 1. The van der Waals surface area contributed by atoms with Crippen LogP contribution in [-0.2, 0) is 14.3 Å². The molecule has 3 nitrogen and oxygen atoms in total. The molecule has 0 radical (unpaired) electrons. The van der Waals surface area contributed by atoms with Gasteiger partial charge < -0.3 is 4.74 Å². The van der Waals surface area contributed by atoms with Crippen LogP contribution in [0.5, 0.6) is 0 Å². The van der Waals surface area contributed by atoms with Gasteiger partial charge in [-0.05, 0) is 30.0 Å². The van der Waals surface area contributed by atoms with Crippen LogP contribution < -0.4 is 0 Å². The minimum absolute atomic E-state index is 0.187.